The third-order valence-corrected chi connectivity index (χ3v) is 5.18. The van der Waals surface area contributed by atoms with E-state index in [1.54, 1.807) is 18.2 Å². The molecule has 0 aliphatic rings. The first kappa shape index (κ1) is 19.3. The number of carbonyl (C=O) groups excluding carboxylic acids is 2. The van der Waals surface area contributed by atoms with Crippen molar-refractivity contribution in [1.29, 1.82) is 0 Å². The second kappa shape index (κ2) is 7.88. The zero-order valence-corrected chi connectivity index (χ0v) is 16.8. The summed E-state index contributed by atoms with van der Waals surface area (Å²) in [5, 5.41) is 2.82. The highest BCUT2D eigenvalue weighted by molar-refractivity contribution is 6.04. The van der Waals surface area contributed by atoms with Gasteiger partial charge in [0.05, 0.1) is 22.9 Å². The number of aromatic amines is 1. The molecule has 3 aromatic carbocycles. The van der Waals surface area contributed by atoms with Gasteiger partial charge in [0.1, 0.15) is 12.1 Å². The van der Waals surface area contributed by atoms with E-state index in [9.17, 15) is 9.59 Å². The minimum Gasteiger partial charge on any atom is -0.472 e. The first-order valence-electron chi connectivity index (χ1n) is 9.91. The molecule has 0 unspecified atom stereocenters. The van der Waals surface area contributed by atoms with E-state index in [4.69, 9.17) is 10.2 Å². The van der Waals surface area contributed by atoms with Gasteiger partial charge in [-0.05, 0) is 59.7 Å². The Bertz CT molecular complexity index is 1430. The van der Waals surface area contributed by atoms with Gasteiger partial charge in [0.15, 0.2) is 0 Å². The molecule has 156 valence electrons. The van der Waals surface area contributed by atoms with Crippen LogP contribution in [0.25, 0.3) is 33.5 Å². The van der Waals surface area contributed by atoms with Crippen LogP contribution in [0.3, 0.4) is 0 Å². The number of H-pyrrole nitrogens is 1. The summed E-state index contributed by atoms with van der Waals surface area (Å²) in [5.41, 5.74) is 11.3. The van der Waals surface area contributed by atoms with Crippen LogP contribution in [0.15, 0.2) is 89.7 Å². The van der Waals surface area contributed by atoms with Gasteiger partial charge >= 0.3 is 0 Å². The van der Waals surface area contributed by atoms with Crippen molar-refractivity contribution in [2.24, 2.45) is 5.73 Å². The molecule has 0 spiro atoms. The van der Waals surface area contributed by atoms with Crippen LogP contribution in [-0.4, -0.2) is 21.8 Å². The summed E-state index contributed by atoms with van der Waals surface area (Å²) >= 11 is 0. The second-order valence-electron chi connectivity index (χ2n) is 7.27. The Hall–Kier alpha value is -4.65. The number of nitrogens with one attached hydrogen (secondary N) is 2. The molecule has 2 aromatic heterocycles. The van der Waals surface area contributed by atoms with Gasteiger partial charge in [-0.1, -0.05) is 24.3 Å². The van der Waals surface area contributed by atoms with Gasteiger partial charge in [0.2, 0.25) is 5.91 Å². The maximum atomic E-state index is 12.1. The number of carbonyl (C=O) groups is 2. The number of imidazole rings is 1. The van der Waals surface area contributed by atoms with Crippen LogP contribution in [0, 0.1) is 0 Å². The molecule has 0 saturated carbocycles. The van der Waals surface area contributed by atoms with Gasteiger partial charge in [0, 0.05) is 16.8 Å². The first-order valence-corrected chi connectivity index (χ1v) is 9.91. The average molecular weight is 422 g/mol. The Labute approximate surface area is 182 Å². The molecule has 0 aliphatic carbocycles. The minimum absolute atomic E-state index is 0.237. The van der Waals surface area contributed by atoms with Crippen LogP contribution in [0.5, 0.6) is 0 Å². The maximum absolute atomic E-state index is 12.1. The Kier molecular flexibility index (Phi) is 4.76. The maximum Gasteiger partial charge on any atom is 0.258 e. The van der Waals surface area contributed by atoms with Crippen molar-refractivity contribution < 1.29 is 14.0 Å². The highest BCUT2D eigenvalue weighted by Gasteiger charge is 2.12. The predicted octanol–water partition coefficient (Wildman–Crippen LogP) is 4.84. The molecule has 0 aliphatic heterocycles. The lowest BCUT2D eigenvalue weighted by Crippen LogP contribution is -2.12. The molecule has 2 amide bonds. The van der Waals surface area contributed by atoms with Crippen LogP contribution in [0.2, 0.25) is 0 Å². The first-order chi connectivity index (χ1) is 15.6. The quantitative estimate of drug-likeness (QED) is 0.376. The summed E-state index contributed by atoms with van der Waals surface area (Å²) in [6, 6.07) is 22.0. The number of nitrogens with zero attached hydrogens (tertiary/aromatic N) is 1. The van der Waals surface area contributed by atoms with Crippen LogP contribution >= 0.6 is 0 Å². The normalized spacial score (nSPS) is 10.9. The number of primary amides is 1. The molecule has 0 bridgehead atoms. The van der Waals surface area contributed by atoms with Gasteiger partial charge in [-0.15, -0.1) is 0 Å². The van der Waals surface area contributed by atoms with Gasteiger partial charge in [-0.25, -0.2) is 4.98 Å². The molecule has 0 radical (unpaired) electrons. The van der Waals surface area contributed by atoms with Crippen molar-refractivity contribution in [1.82, 2.24) is 9.97 Å². The molecular formula is C25H18N4O3. The Morgan fingerprint density at radius 1 is 0.938 bits per heavy atom. The molecule has 0 fully saturated rings. The second-order valence-corrected chi connectivity index (χ2v) is 7.27. The fourth-order valence-corrected chi connectivity index (χ4v) is 3.57. The predicted molar refractivity (Wildman–Crippen MR) is 122 cm³/mol. The number of furan rings is 1. The zero-order chi connectivity index (χ0) is 22.1. The molecule has 0 saturated heterocycles. The fourth-order valence-electron chi connectivity index (χ4n) is 3.57. The molecule has 32 heavy (non-hydrogen) atoms. The number of benzene rings is 3. The molecule has 5 aromatic rings. The summed E-state index contributed by atoms with van der Waals surface area (Å²) in [6.45, 7) is 0. The van der Waals surface area contributed by atoms with Crippen LogP contribution in [-0.2, 0) is 0 Å². The fraction of sp³-hybridized carbons (Fsp3) is 0. The van der Waals surface area contributed by atoms with Crippen LogP contribution in [0.4, 0.5) is 5.69 Å². The van der Waals surface area contributed by atoms with E-state index in [1.807, 2.05) is 54.6 Å². The van der Waals surface area contributed by atoms with E-state index < -0.39 is 5.91 Å². The number of amides is 2. The Balaban J connectivity index is 1.42. The summed E-state index contributed by atoms with van der Waals surface area (Å²) in [7, 11) is 0. The van der Waals surface area contributed by atoms with Gasteiger partial charge in [-0.2, -0.15) is 0 Å². The van der Waals surface area contributed by atoms with E-state index in [0.717, 1.165) is 27.7 Å². The number of hydrogen-bond donors (Lipinski definition) is 3. The van der Waals surface area contributed by atoms with Crippen LogP contribution in [0.1, 0.15) is 20.7 Å². The lowest BCUT2D eigenvalue weighted by molar-refractivity contribution is 0.0998. The SMILES string of the molecule is NC(=O)c1ccccc1-c1ccc2nc(-c3ccc(NC(=O)c4ccoc4)cc3)[nH]c2c1. The smallest absolute Gasteiger partial charge is 0.258 e. The van der Waals surface area contributed by atoms with E-state index in [1.165, 1.54) is 12.5 Å². The number of fused-ring (bicyclic) bond motifs is 1. The summed E-state index contributed by atoms with van der Waals surface area (Å²) < 4.78 is 4.94. The Morgan fingerprint density at radius 2 is 1.72 bits per heavy atom. The van der Waals surface area contributed by atoms with Crippen molar-refractivity contribution in [3.05, 3.63) is 96.4 Å². The zero-order valence-electron chi connectivity index (χ0n) is 16.8. The minimum atomic E-state index is -0.467. The molecule has 0 atom stereocenters. The number of hydrogen-bond acceptors (Lipinski definition) is 4. The third-order valence-electron chi connectivity index (χ3n) is 5.18. The van der Waals surface area contributed by atoms with Gasteiger partial charge in [-0.3, -0.25) is 9.59 Å². The highest BCUT2D eigenvalue weighted by atomic mass is 16.3. The van der Waals surface area contributed by atoms with Crippen molar-refractivity contribution in [2.45, 2.75) is 0 Å². The molecule has 2 heterocycles. The van der Waals surface area contributed by atoms with Crippen molar-refractivity contribution in [3.8, 4) is 22.5 Å². The van der Waals surface area contributed by atoms with E-state index in [-0.39, 0.29) is 5.91 Å². The van der Waals surface area contributed by atoms with E-state index >= 15 is 0 Å². The number of anilines is 1. The molecular weight excluding hydrogens is 404 g/mol. The summed E-state index contributed by atoms with van der Waals surface area (Å²) in [6.07, 6.45) is 2.85. The molecule has 7 heteroatoms. The monoisotopic (exact) mass is 422 g/mol. The van der Waals surface area contributed by atoms with Crippen molar-refractivity contribution in [2.75, 3.05) is 5.32 Å². The van der Waals surface area contributed by atoms with E-state index in [2.05, 4.69) is 15.3 Å². The van der Waals surface area contributed by atoms with Crippen molar-refractivity contribution in [3.63, 3.8) is 0 Å². The van der Waals surface area contributed by atoms with Gasteiger partial charge in [0.25, 0.3) is 5.91 Å². The standard InChI is InChI=1S/C25H18N4O3/c26-23(30)20-4-2-1-3-19(20)16-7-10-21-22(13-16)29-24(28-21)15-5-8-18(9-6-15)27-25(31)17-11-12-32-14-17/h1-14H,(H2,26,30)(H,27,31)(H,28,29). The van der Waals surface area contributed by atoms with Crippen LogP contribution < -0.4 is 11.1 Å². The topological polar surface area (TPSA) is 114 Å². The number of aromatic nitrogens is 2. The lowest BCUT2D eigenvalue weighted by Gasteiger charge is -2.06. The van der Waals surface area contributed by atoms with Crippen molar-refractivity contribution >= 4 is 28.5 Å². The largest absolute Gasteiger partial charge is 0.472 e. The molecule has 7 nitrogen and oxygen atoms in total. The number of nitrogens with two attached hydrogens (primary N) is 1. The third kappa shape index (κ3) is 3.63. The highest BCUT2D eigenvalue weighted by Crippen LogP contribution is 2.28. The molecule has 5 rings (SSSR count). The summed E-state index contributed by atoms with van der Waals surface area (Å²) in [4.78, 5) is 31.9. The summed E-state index contributed by atoms with van der Waals surface area (Å²) in [5.74, 6) is -0.00185. The molecule has 4 N–H and O–H groups in total. The number of rotatable bonds is 5. The lowest BCUT2D eigenvalue weighted by atomic mass is 9.99. The van der Waals surface area contributed by atoms with Gasteiger partial charge < -0.3 is 20.5 Å². The Morgan fingerprint density at radius 3 is 2.47 bits per heavy atom. The van der Waals surface area contributed by atoms with E-state index in [0.29, 0.717) is 22.6 Å². The average Bonchev–Trinajstić information content (AvgIpc) is 3.49.